The van der Waals surface area contributed by atoms with E-state index in [-0.39, 0.29) is 5.60 Å². The zero-order valence-corrected chi connectivity index (χ0v) is 12.3. The summed E-state index contributed by atoms with van der Waals surface area (Å²) in [5.41, 5.74) is 2.05. The predicted octanol–water partition coefficient (Wildman–Crippen LogP) is 3.81. The summed E-state index contributed by atoms with van der Waals surface area (Å²) in [6.45, 7) is 2.75. The van der Waals surface area contributed by atoms with E-state index in [0.717, 1.165) is 37.2 Å². The number of nitrogens with zero attached hydrogens (tertiary/aromatic N) is 2. The molecule has 4 heteroatoms. The third-order valence-corrected chi connectivity index (χ3v) is 4.68. The third-order valence-electron chi connectivity index (χ3n) is 4.37. The molecule has 0 aromatic carbocycles. The molecular formula is C15H21ClN2O. The van der Waals surface area contributed by atoms with Gasteiger partial charge in [-0.15, -0.1) is 0 Å². The van der Waals surface area contributed by atoms with Crippen LogP contribution in [0.3, 0.4) is 0 Å². The molecule has 1 aromatic heterocycles. The van der Waals surface area contributed by atoms with Gasteiger partial charge in [-0.2, -0.15) is 0 Å². The minimum Gasteiger partial charge on any atom is -0.367 e. The Labute approximate surface area is 119 Å². The van der Waals surface area contributed by atoms with Crippen LogP contribution in [0.5, 0.6) is 0 Å². The van der Waals surface area contributed by atoms with E-state index in [1.54, 1.807) is 0 Å². The van der Waals surface area contributed by atoms with Gasteiger partial charge >= 0.3 is 0 Å². The fourth-order valence-corrected chi connectivity index (χ4v) is 3.69. The van der Waals surface area contributed by atoms with E-state index < -0.39 is 0 Å². The molecule has 19 heavy (non-hydrogen) atoms. The van der Waals surface area contributed by atoms with E-state index in [4.69, 9.17) is 21.3 Å². The Morgan fingerprint density at radius 1 is 1.11 bits per heavy atom. The van der Waals surface area contributed by atoms with E-state index in [9.17, 15) is 0 Å². The van der Waals surface area contributed by atoms with Gasteiger partial charge in [0, 0.05) is 17.9 Å². The highest BCUT2D eigenvalue weighted by Crippen LogP contribution is 2.41. The van der Waals surface area contributed by atoms with Crippen molar-refractivity contribution in [3.8, 4) is 0 Å². The van der Waals surface area contributed by atoms with E-state index in [0.29, 0.717) is 11.8 Å². The highest BCUT2D eigenvalue weighted by molar-refractivity contribution is 6.30. The quantitative estimate of drug-likeness (QED) is 0.790. The minimum atomic E-state index is -0.273. The van der Waals surface area contributed by atoms with E-state index >= 15 is 0 Å². The van der Waals surface area contributed by atoms with Crippen LogP contribution >= 0.6 is 11.6 Å². The van der Waals surface area contributed by atoms with E-state index in [1.807, 2.05) is 6.92 Å². The van der Waals surface area contributed by atoms with Crippen molar-refractivity contribution in [1.82, 2.24) is 9.97 Å². The molecular weight excluding hydrogens is 260 g/mol. The fourth-order valence-electron chi connectivity index (χ4n) is 3.41. The smallest absolute Gasteiger partial charge is 0.162 e. The van der Waals surface area contributed by atoms with Crippen molar-refractivity contribution in [3.63, 3.8) is 0 Å². The summed E-state index contributed by atoms with van der Waals surface area (Å²) in [5, 5.41) is 0.658. The maximum atomic E-state index is 6.38. The molecule has 1 aromatic rings. The summed E-state index contributed by atoms with van der Waals surface area (Å²) < 4.78 is 6.04. The molecule has 0 aliphatic heterocycles. The van der Waals surface area contributed by atoms with E-state index in [1.165, 1.54) is 31.2 Å². The monoisotopic (exact) mass is 280 g/mol. The molecule has 0 saturated heterocycles. The highest BCUT2D eigenvalue weighted by atomic mass is 35.5. The van der Waals surface area contributed by atoms with Crippen LogP contribution in [0.2, 0.25) is 5.15 Å². The van der Waals surface area contributed by atoms with Crippen molar-refractivity contribution >= 4 is 11.6 Å². The number of fused-ring (bicyclic) bond motifs is 1. The van der Waals surface area contributed by atoms with Crippen molar-refractivity contribution in [2.45, 2.75) is 63.9 Å². The van der Waals surface area contributed by atoms with Crippen molar-refractivity contribution in [2.75, 3.05) is 6.61 Å². The van der Waals surface area contributed by atoms with Gasteiger partial charge in [0.1, 0.15) is 10.8 Å². The van der Waals surface area contributed by atoms with Gasteiger partial charge in [0.2, 0.25) is 0 Å². The van der Waals surface area contributed by atoms with Gasteiger partial charge in [-0.05, 0) is 58.3 Å². The summed E-state index contributed by atoms with van der Waals surface area (Å²) in [5.74, 6) is 0.831. The standard InChI is InChI=1S/C15H21ClN2O/c1-2-19-15(9-5-6-10-15)14-17-12-8-4-3-7-11(12)13(16)18-14/h2-10H2,1H3. The number of ether oxygens (including phenoxy) is 1. The lowest BCUT2D eigenvalue weighted by molar-refractivity contribution is -0.0459. The molecule has 2 aliphatic carbocycles. The van der Waals surface area contributed by atoms with Crippen LogP contribution in [0.4, 0.5) is 0 Å². The van der Waals surface area contributed by atoms with Gasteiger partial charge in [0.05, 0.1) is 0 Å². The van der Waals surface area contributed by atoms with Crippen LogP contribution in [0.15, 0.2) is 0 Å². The molecule has 3 nitrogen and oxygen atoms in total. The lowest BCUT2D eigenvalue weighted by Gasteiger charge is -2.29. The molecule has 104 valence electrons. The maximum absolute atomic E-state index is 6.38. The number of aryl methyl sites for hydroxylation is 1. The molecule has 3 rings (SSSR count). The number of aromatic nitrogens is 2. The van der Waals surface area contributed by atoms with Gasteiger partial charge in [0.15, 0.2) is 5.82 Å². The first-order chi connectivity index (χ1) is 9.25. The Balaban J connectivity index is 2.02. The topological polar surface area (TPSA) is 35.0 Å². The Hall–Kier alpha value is -0.670. The zero-order chi connectivity index (χ0) is 13.3. The Morgan fingerprint density at radius 3 is 2.58 bits per heavy atom. The maximum Gasteiger partial charge on any atom is 0.162 e. The van der Waals surface area contributed by atoms with Gasteiger partial charge in [0.25, 0.3) is 0 Å². The first-order valence-electron chi connectivity index (χ1n) is 7.45. The Morgan fingerprint density at radius 2 is 1.84 bits per heavy atom. The van der Waals surface area contributed by atoms with Crippen LogP contribution < -0.4 is 0 Å². The molecule has 0 amide bonds. The van der Waals surface area contributed by atoms with Gasteiger partial charge in [-0.1, -0.05) is 11.6 Å². The average molecular weight is 281 g/mol. The second-order valence-corrected chi connectivity index (χ2v) is 5.96. The number of hydrogen-bond donors (Lipinski definition) is 0. The predicted molar refractivity (Wildman–Crippen MR) is 75.5 cm³/mol. The van der Waals surface area contributed by atoms with Crippen molar-refractivity contribution < 1.29 is 4.74 Å². The number of rotatable bonds is 3. The molecule has 0 N–H and O–H groups in total. The molecule has 2 aliphatic rings. The van der Waals surface area contributed by atoms with Gasteiger partial charge in [-0.25, -0.2) is 9.97 Å². The summed E-state index contributed by atoms with van der Waals surface area (Å²) in [6.07, 6.45) is 8.90. The normalized spacial score (nSPS) is 21.4. The number of halogens is 1. The Kier molecular flexibility index (Phi) is 3.77. The second kappa shape index (κ2) is 5.37. The van der Waals surface area contributed by atoms with Crippen LogP contribution in [0, 0.1) is 0 Å². The average Bonchev–Trinajstić information content (AvgIpc) is 2.89. The number of hydrogen-bond acceptors (Lipinski definition) is 3. The van der Waals surface area contributed by atoms with Gasteiger partial charge in [-0.3, -0.25) is 0 Å². The zero-order valence-electron chi connectivity index (χ0n) is 11.5. The first kappa shape index (κ1) is 13.3. The molecule has 0 atom stereocenters. The molecule has 0 spiro atoms. The van der Waals surface area contributed by atoms with Crippen molar-refractivity contribution in [2.24, 2.45) is 0 Å². The van der Waals surface area contributed by atoms with Crippen LogP contribution in [0.25, 0.3) is 0 Å². The van der Waals surface area contributed by atoms with E-state index in [2.05, 4.69) is 4.98 Å². The lowest BCUT2D eigenvalue weighted by Crippen LogP contribution is -2.30. The van der Waals surface area contributed by atoms with Gasteiger partial charge < -0.3 is 4.74 Å². The highest BCUT2D eigenvalue weighted by Gasteiger charge is 2.40. The largest absolute Gasteiger partial charge is 0.367 e. The Bertz CT molecular complexity index is 469. The van der Waals surface area contributed by atoms with Crippen molar-refractivity contribution in [3.05, 3.63) is 22.2 Å². The lowest BCUT2D eigenvalue weighted by atomic mass is 9.95. The SMILES string of the molecule is CCOC1(c2nc(Cl)c3c(n2)CCCC3)CCCC1. The van der Waals surface area contributed by atoms with Crippen LogP contribution in [0.1, 0.15) is 62.5 Å². The second-order valence-electron chi connectivity index (χ2n) is 5.60. The molecule has 0 bridgehead atoms. The summed E-state index contributed by atoms with van der Waals surface area (Å²) in [7, 11) is 0. The fraction of sp³-hybridized carbons (Fsp3) is 0.733. The van der Waals surface area contributed by atoms with Crippen LogP contribution in [-0.4, -0.2) is 16.6 Å². The first-order valence-corrected chi connectivity index (χ1v) is 7.83. The minimum absolute atomic E-state index is 0.273. The summed E-state index contributed by atoms with van der Waals surface area (Å²) >= 11 is 6.38. The molecule has 0 unspecified atom stereocenters. The third kappa shape index (κ3) is 2.38. The molecule has 1 saturated carbocycles. The molecule has 1 fully saturated rings. The van der Waals surface area contributed by atoms with Crippen LogP contribution in [-0.2, 0) is 23.2 Å². The van der Waals surface area contributed by atoms with Crippen molar-refractivity contribution in [1.29, 1.82) is 0 Å². The molecule has 0 radical (unpaired) electrons. The molecule has 1 heterocycles. The summed E-state index contributed by atoms with van der Waals surface area (Å²) in [6, 6.07) is 0. The summed E-state index contributed by atoms with van der Waals surface area (Å²) in [4.78, 5) is 9.41.